The predicted octanol–water partition coefficient (Wildman–Crippen LogP) is 20.9. The van der Waals surface area contributed by atoms with Crippen molar-refractivity contribution in [3.63, 3.8) is 0 Å². The first kappa shape index (κ1) is 81.2. The number of fused-ring (bicyclic) bond motifs is 2. The highest BCUT2D eigenvalue weighted by atomic mass is 16.5. The van der Waals surface area contributed by atoms with Crippen molar-refractivity contribution in [2.45, 2.75) is 104 Å². The van der Waals surface area contributed by atoms with Gasteiger partial charge < -0.3 is 66.8 Å². The summed E-state index contributed by atoms with van der Waals surface area (Å²) in [6, 6.07) is 95.8. The van der Waals surface area contributed by atoms with E-state index >= 15 is 9.59 Å². The van der Waals surface area contributed by atoms with Crippen LogP contribution in [0, 0.1) is 11.8 Å². The van der Waals surface area contributed by atoms with E-state index in [1.807, 2.05) is 255 Å². The number of rotatable bonds is 40. The molecule has 0 saturated heterocycles. The molecule has 18 heteroatoms. The van der Waals surface area contributed by atoms with Crippen molar-refractivity contribution in [2.75, 3.05) is 26.3 Å². The molecular weight excluding hydrogens is 1510 g/mol. The van der Waals surface area contributed by atoms with Crippen molar-refractivity contribution >= 4 is 33.8 Å². The molecule has 0 radical (unpaired) electrons. The van der Waals surface area contributed by atoms with Crippen LogP contribution in [0.25, 0.3) is 44.6 Å². The van der Waals surface area contributed by atoms with Crippen LogP contribution in [-0.4, -0.2) is 38.1 Å². The number of carbonyl (C=O) groups is 2. The van der Waals surface area contributed by atoms with Gasteiger partial charge in [-0.15, -0.1) is 0 Å². The Hall–Kier alpha value is -14.0. The fourth-order valence-corrected chi connectivity index (χ4v) is 14.3. The molecule has 1 saturated carbocycles. The highest BCUT2D eigenvalue weighted by Gasteiger charge is 2.28. The molecule has 0 unspecified atom stereocenters. The van der Waals surface area contributed by atoms with Gasteiger partial charge in [0.25, 0.3) is 0 Å². The number of amides is 2. The molecule has 2 aromatic heterocycles. The van der Waals surface area contributed by atoms with Crippen molar-refractivity contribution in [3.8, 4) is 80.1 Å². The van der Waals surface area contributed by atoms with Crippen molar-refractivity contribution in [1.29, 1.82) is 0 Å². The standard InChI is InChI=1S/C102H94N2O16/c105-93(43-25-53-109-101-97(107)95-89(117-69-79-39-21-7-22-40-79)57-83(111-63-73-27-9-1-10-28-73)59-91(95)119-99(101)81-49-51-85(113-65-75-31-13-3-14-32-75)87(55-81)115-67-77-35-17-5-18-36-77)103-61-71-45-47-72(48-46-71)62-104-94(106)44-26-54-110-102-98(108)96-90(118-70-80-41-23-8-24-42-80)58-84(112-64-74-29-11-2-12-30-74)60-92(96)120-100(102)82-50-52-86(114-66-76-33-15-4-16-34-76)88(56-82)116-68-78-37-19-6-20-38-78/h1-24,27-42,49-52,55-60,71-72H,25-26,43-48,53-54,61-70H2,(H,103,105)(H,104,106). The number of ether oxygens (including phenoxy) is 10. The largest absolute Gasteiger partial charge is 0.489 e. The molecule has 2 heterocycles. The summed E-state index contributed by atoms with van der Waals surface area (Å²) >= 11 is 0. The summed E-state index contributed by atoms with van der Waals surface area (Å²) in [7, 11) is 0. The van der Waals surface area contributed by atoms with E-state index in [-0.39, 0.29) is 172 Å². The summed E-state index contributed by atoms with van der Waals surface area (Å²) < 4.78 is 78.4. The van der Waals surface area contributed by atoms with E-state index in [1.54, 1.807) is 48.5 Å². The average molecular weight is 1600 g/mol. The smallest absolute Gasteiger partial charge is 0.239 e. The summed E-state index contributed by atoms with van der Waals surface area (Å²) in [5, 5.41) is 6.65. The van der Waals surface area contributed by atoms with Crippen LogP contribution in [0.1, 0.15) is 95.9 Å². The second-order valence-electron chi connectivity index (χ2n) is 29.7. The molecule has 1 fully saturated rings. The van der Waals surface area contributed by atoms with Gasteiger partial charge in [-0.25, -0.2) is 0 Å². The minimum atomic E-state index is -0.472. The van der Waals surface area contributed by atoms with Gasteiger partial charge >= 0.3 is 0 Å². The molecule has 15 rings (SSSR count). The second-order valence-corrected chi connectivity index (χ2v) is 29.7. The highest BCUT2D eigenvalue weighted by molar-refractivity contribution is 5.90. The minimum absolute atomic E-state index is 0.00638. The zero-order chi connectivity index (χ0) is 81.9. The molecule has 1 aliphatic rings. The summed E-state index contributed by atoms with van der Waals surface area (Å²) in [6.07, 6.45) is 4.34. The van der Waals surface area contributed by atoms with Gasteiger partial charge in [0.2, 0.25) is 34.2 Å². The van der Waals surface area contributed by atoms with Gasteiger partial charge in [-0.2, -0.15) is 0 Å². The summed E-state index contributed by atoms with van der Waals surface area (Å²) in [6.45, 7) is 2.85. The van der Waals surface area contributed by atoms with Crippen LogP contribution in [0.3, 0.4) is 0 Å². The zero-order valence-corrected chi connectivity index (χ0v) is 66.7. The van der Waals surface area contributed by atoms with Crippen LogP contribution in [-0.2, 0) is 62.4 Å². The quantitative estimate of drug-likeness (QED) is 0.0342. The van der Waals surface area contributed by atoms with Crippen LogP contribution < -0.4 is 68.9 Å². The normalized spacial score (nSPS) is 13.0. The van der Waals surface area contributed by atoms with E-state index in [9.17, 15) is 9.59 Å². The minimum Gasteiger partial charge on any atom is -0.489 e. The Morgan fingerprint density at radius 1 is 0.292 bits per heavy atom. The van der Waals surface area contributed by atoms with Crippen molar-refractivity contribution in [3.05, 3.63) is 368 Å². The van der Waals surface area contributed by atoms with Gasteiger partial charge in [-0.1, -0.05) is 243 Å². The summed E-state index contributed by atoms with van der Waals surface area (Å²) in [5.74, 6) is 3.52. The zero-order valence-electron chi connectivity index (χ0n) is 66.7. The van der Waals surface area contributed by atoms with Gasteiger partial charge in [-0.05, 0) is 131 Å². The topological polar surface area (TPSA) is 211 Å². The van der Waals surface area contributed by atoms with E-state index < -0.39 is 10.9 Å². The van der Waals surface area contributed by atoms with Gasteiger partial charge in [0, 0.05) is 61.3 Å². The van der Waals surface area contributed by atoms with Crippen LogP contribution in [0.15, 0.2) is 322 Å². The molecular formula is C102H94N2O16. The lowest BCUT2D eigenvalue weighted by atomic mass is 9.82. The predicted molar refractivity (Wildman–Crippen MR) is 463 cm³/mol. The highest BCUT2D eigenvalue weighted by Crippen LogP contribution is 2.44. The maximum absolute atomic E-state index is 15.4. The Morgan fingerprint density at radius 2 is 0.558 bits per heavy atom. The third-order valence-electron chi connectivity index (χ3n) is 20.8. The second kappa shape index (κ2) is 41.2. The third kappa shape index (κ3) is 22.4. The van der Waals surface area contributed by atoms with Crippen LogP contribution >= 0.6 is 0 Å². The van der Waals surface area contributed by atoms with E-state index in [1.165, 1.54) is 0 Å². The molecule has 608 valence electrons. The SMILES string of the molecule is O=C(CCCOc1c(-c2ccc(OCc3ccccc3)c(OCc3ccccc3)c2)oc2cc(OCc3ccccc3)cc(OCc3ccccc3)c2c1=O)NCC1CCC(CNC(=O)CCCOc2c(-c3ccc(OCc4ccccc4)c(OCc4ccccc4)c3)oc3cc(OCc4ccccc4)cc(OCc4ccccc4)c3c2=O)CC1. The lowest BCUT2D eigenvalue weighted by molar-refractivity contribution is -0.122. The molecule has 14 aromatic rings. The Kier molecular flexibility index (Phi) is 27.9. The number of nitrogens with one attached hydrogen (secondary N) is 2. The number of carbonyl (C=O) groups excluding carboxylic acids is 2. The fraction of sp³-hybridized carbons (Fsp3) is 0.216. The van der Waals surface area contributed by atoms with Crippen LogP contribution in [0.4, 0.5) is 0 Å². The van der Waals surface area contributed by atoms with Gasteiger partial charge in [-0.3, -0.25) is 19.2 Å². The number of hydrogen-bond donors (Lipinski definition) is 2. The number of benzene rings is 12. The maximum Gasteiger partial charge on any atom is 0.239 e. The van der Waals surface area contributed by atoms with E-state index in [4.69, 9.17) is 56.2 Å². The lowest BCUT2D eigenvalue weighted by Crippen LogP contribution is -2.34. The Labute approximate surface area is 697 Å². The van der Waals surface area contributed by atoms with E-state index in [2.05, 4.69) is 10.6 Å². The molecule has 0 atom stereocenters. The molecule has 18 nitrogen and oxygen atoms in total. The lowest BCUT2D eigenvalue weighted by Gasteiger charge is -2.28. The van der Waals surface area contributed by atoms with Gasteiger partial charge in [0.1, 0.15) is 97.8 Å². The van der Waals surface area contributed by atoms with Crippen molar-refractivity contribution in [2.24, 2.45) is 11.8 Å². The maximum atomic E-state index is 15.4. The first-order chi connectivity index (χ1) is 59.1. The first-order valence-corrected chi connectivity index (χ1v) is 40.8. The average Bonchev–Trinajstić information content (AvgIpc) is 0.759. The van der Waals surface area contributed by atoms with Crippen molar-refractivity contribution < 1.29 is 65.8 Å². The Bertz CT molecular complexity index is 5440. The molecule has 12 aromatic carbocycles. The van der Waals surface area contributed by atoms with Gasteiger partial charge in [0.05, 0.1) is 13.2 Å². The monoisotopic (exact) mass is 1600 g/mol. The molecule has 1 aliphatic carbocycles. The first-order valence-electron chi connectivity index (χ1n) is 40.8. The Balaban J connectivity index is 0.590. The summed E-state index contributed by atoms with van der Waals surface area (Å²) in [5.41, 5.74) is 7.96. The van der Waals surface area contributed by atoms with Crippen LogP contribution in [0.2, 0.25) is 0 Å². The molecule has 0 aliphatic heterocycles. The van der Waals surface area contributed by atoms with E-state index in [0.717, 1.165) is 70.2 Å². The number of hydrogen-bond acceptors (Lipinski definition) is 16. The third-order valence-corrected chi connectivity index (χ3v) is 20.8. The molecule has 0 spiro atoms. The van der Waals surface area contributed by atoms with Crippen molar-refractivity contribution in [1.82, 2.24) is 10.6 Å². The van der Waals surface area contributed by atoms with Crippen LogP contribution in [0.5, 0.6) is 57.5 Å². The molecule has 2 amide bonds. The molecule has 120 heavy (non-hydrogen) atoms. The summed E-state index contributed by atoms with van der Waals surface area (Å²) in [4.78, 5) is 58.1. The molecule has 2 N–H and O–H groups in total. The molecule has 0 bridgehead atoms. The fourth-order valence-electron chi connectivity index (χ4n) is 14.3. The van der Waals surface area contributed by atoms with Gasteiger partial charge in [0.15, 0.2) is 34.5 Å². The van der Waals surface area contributed by atoms with E-state index in [0.29, 0.717) is 58.7 Å². The Morgan fingerprint density at radius 3 is 0.850 bits per heavy atom.